The van der Waals surface area contributed by atoms with E-state index in [1.54, 1.807) is 0 Å². The van der Waals surface area contributed by atoms with E-state index in [-0.39, 0.29) is 5.91 Å². The van der Waals surface area contributed by atoms with E-state index in [1.165, 1.54) is 11.1 Å². The summed E-state index contributed by atoms with van der Waals surface area (Å²) < 4.78 is 0. The van der Waals surface area contributed by atoms with E-state index in [2.05, 4.69) is 37.4 Å². The Kier molecular flexibility index (Phi) is 5.86. The van der Waals surface area contributed by atoms with Gasteiger partial charge in [0, 0.05) is 18.7 Å². The fourth-order valence-corrected chi connectivity index (χ4v) is 2.16. The van der Waals surface area contributed by atoms with Crippen molar-refractivity contribution < 1.29 is 4.79 Å². The number of nitrogens with one attached hydrogen (secondary N) is 1. The fraction of sp³-hybridized carbons (Fsp3) is 0.533. The Morgan fingerprint density at radius 3 is 2.33 bits per heavy atom. The molecule has 1 amide bonds. The van der Waals surface area contributed by atoms with Crippen LogP contribution in [-0.4, -0.2) is 26.0 Å². The smallest absolute Gasteiger partial charge is 0.227 e. The number of benzene rings is 1. The molecule has 18 heavy (non-hydrogen) atoms. The average Bonchev–Trinajstić information content (AvgIpc) is 2.29. The van der Waals surface area contributed by atoms with Crippen molar-refractivity contribution in [3.8, 4) is 0 Å². The molecule has 0 unspecified atom stereocenters. The highest BCUT2D eigenvalue weighted by Gasteiger charge is 2.13. The minimum atomic E-state index is 0.206. The van der Waals surface area contributed by atoms with Crippen LogP contribution in [0.1, 0.15) is 30.9 Å². The summed E-state index contributed by atoms with van der Waals surface area (Å²) in [5.41, 5.74) is 3.42. The maximum atomic E-state index is 12.2. The zero-order chi connectivity index (χ0) is 13.5. The van der Waals surface area contributed by atoms with E-state index in [9.17, 15) is 4.79 Å². The maximum Gasteiger partial charge on any atom is 0.227 e. The molecule has 1 aromatic carbocycles. The monoisotopic (exact) mass is 248 g/mol. The summed E-state index contributed by atoms with van der Waals surface area (Å²) in [4.78, 5) is 14.0. The molecule has 1 aromatic rings. The minimum absolute atomic E-state index is 0.206. The first-order valence-corrected chi connectivity index (χ1v) is 6.61. The van der Waals surface area contributed by atoms with Crippen LogP contribution in [0.5, 0.6) is 0 Å². The number of aryl methyl sites for hydroxylation is 2. The molecule has 1 rings (SSSR count). The molecule has 0 aliphatic heterocycles. The number of carbonyl (C=O) groups excluding carboxylic acids is 1. The molecule has 0 bridgehead atoms. The highest BCUT2D eigenvalue weighted by atomic mass is 16.2. The van der Waals surface area contributed by atoms with E-state index in [0.29, 0.717) is 6.42 Å². The topological polar surface area (TPSA) is 32.3 Å². The highest BCUT2D eigenvalue weighted by molar-refractivity contribution is 5.93. The number of amides is 1. The van der Waals surface area contributed by atoms with E-state index in [4.69, 9.17) is 0 Å². The van der Waals surface area contributed by atoms with Gasteiger partial charge in [-0.3, -0.25) is 4.79 Å². The molecule has 0 saturated carbocycles. The lowest BCUT2D eigenvalue weighted by Gasteiger charge is -2.22. The Balaban J connectivity index is 2.78. The number of hydrogen-bond donors (Lipinski definition) is 1. The molecule has 0 fully saturated rings. The second-order valence-electron chi connectivity index (χ2n) is 4.69. The third kappa shape index (κ3) is 4.15. The third-order valence-electron chi connectivity index (χ3n) is 2.95. The number of carbonyl (C=O) groups is 1. The summed E-state index contributed by atoms with van der Waals surface area (Å²) in [6.45, 7) is 7.76. The zero-order valence-corrected chi connectivity index (χ0v) is 11.9. The van der Waals surface area contributed by atoms with Gasteiger partial charge in [-0.15, -0.1) is 0 Å². The molecule has 0 saturated heterocycles. The number of nitrogens with zero attached hydrogens (tertiary/aromatic N) is 1. The van der Waals surface area contributed by atoms with E-state index < -0.39 is 0 Å². The van der Waals surface area contributed by atoms with Gasteiger partial charge in [0.25, 0.3) is 0 Å². The predicted molar refractivity (Wildman–Crippen MR) is 77.1 cm³/mol. The Labute approximate surface area is 110 Å². The van der Waals surface area contributed by atoms with Crippen molar-refractivity contribution in [2.24, 2.45) is 0 Å². The van der Waals surface area contributed by atoms with Crippen LogP contribution >= 0.6 is 0 Å². The zero-order valence-electron chi connectivity index (χ0n) is 11.9. The van der Waals surface area contributed by atoms with Crippen LogP contribution < -0.4 is 10.2 Å². The number of hydrogen-bond acceptors (Lipinski definition) is 2. The van der Waals surface area contributed by atoms with Gasteiger partial charge in [0.15, 0.2) is 0 Å². The van der Waals surface area contributed by atoms with Crippen LogP contribution in [-0.2, 0) is 4.79 Å². The molecule has 0 aromatic heterocycles. The van der Waals surface area contributed by atoms with Gasteiger partial charge in [-0.1, -0.05) is 6.07 Å². The lowest BCUT2D eigenvalue weighted by Crippen LogP contribution is -2.31. The Hall–Kier alpha value is -1.35. The van der Waals surface area contributed by atoms with E-state index >= 15 is 0 Å². The van der Waals surface area contributed by atoms with Crippen LogP contribution in [0.4, 0.5) is 5.69 Å². The molecule has 100 valence electrons. The summed E-state index contributed by atoms with van der Waals surface area (Å²) >= 11 is 0. The van der Waals surface area contributed by atoms with Crippen molar-refractivity contribution in [1.82, 2.24) is 5.32 Å². The highest BCUT2D eigenvalue weighted by Crippen LogP contribution is 2.19. The van der Waals surface area contributed by atoms with Crippen molar-refractivity contribution in [3.63, 3.8) is 0 Å². The van der Waals surface area contributed by atoms with Gasteiger partial charge in [-0.2, -0.15) is 0 Å². The van der Waals surface area contributed by atoms with Gasteiger partial charge < -0.3 is 10.2 Å². The molecule has 0 spiro atoms. The standard InChI is InChI=1S/C15H24N2O/c1-5-17(15(18)7-6-8-16-4)14-10-12(2)9-13(3)11-14/h9-11,16H,5-8H2,1-4H3. The van der Waals surface area contributed by atoms with Crippen LogP contribution in [0.25, 0.3) is 0 Å². The van der Waals surface area contributed by atoms with Crippen molar-refractivity contribution in [3.05, 3.63) is 29.3 Å². The van der Waals surface area contributed by atoms with Crippen molar-refractivity contribution in [1.29, 1.82) is 0 Å². The summed E-state index contributed by atoms with van der Waals surface area (Å²) in [7, 11) is 1.91. The van der Waals surface area contributed by atoms with Crippen LogP contribution in [0, 0.1) is 13.8 Å². The molecule has 0 aliphatic carbocycles. The van der Waals surface area contributed by atoms with Crippen LogP contribution in [0.15, 0.2) is 18.2 Å². The molecule has 0 radical (unpaired) electrons. The van der Waals surface area contributed by atoms with Crippen molar-refractivity contribution >= 4 is 11.6 Å². The van der Waals surface area contributed by atoms with Gasteiger partial charge in [-0.05, 0) is 64.0 Å². The number of rotatable bonds is 6. The Morgan fingerprint density at radius 1 is 1.22 bits per heavy atom. The van der Waals surface area contributed by atoms with Gasteiger partial charge >= 0.3 is 0 Å². The first-order chi connectivity index (χ1) is 8.58. The fourth-order valence-electron chi connectivity index (χ4n) is 2.16. The lowest BCUT2D eigenvalue weighted by atomic mass is 10.1. The summed E-state index contributed by atoms with van der Waals surface area (Å²) in [6.07, 6.45) is 1.48. The molecular formula is C15H24N2O. The Bertz CT molecular complexity index is 381. The third-order valence-corrected chi connectivity index (χ3v) is 2.95. The second kappa shape index (κ2) is 7.17. The van der Waals surface area contributed by atoms with Gasteiger partial charge in [0.2, 0.25) is 5.91 Å². The molecule has 3 nitrogen and oxygen atoms in total. The predicted octanol–water partition coefficient (Wildman–Crippen LogP) is 2.66. The van der Waals surface area contributed by atoms with Crippen molar-refractivity contribution in [2.45, 2.75) is 33.6 Å². The Morgan fingerprint density at radius 2 is 1.83 bits per heavy atom. The second-order valence-corrected chi connectivity index (χ2v) is 4.69. The normalized spacial score (nSPS) is 10.4. The maximum absolute atomic E-state index is 12.2. The first kappa shape index (κ1) is 14.7. The van der Waals surface area contributed by atoms with E-state index in [0.717, 1.165) is 25.2 Å². The number of anilines is 1. The molecular weight excluding hydrogens is 224 g/mol. The summed E-state index contributed by atoms with van der Waals surface area (Å²) in [6, 6.07) is 6.28. The summed E-state index contributed by atoms with van der Waals surface area (Å²) in [5.74, 6) is 0.206. The molecule has 0 aliphatic rings. The first-order valence-electron chi connectivity index (χ1n) is 6.61. The largest absolute Gasteiger partial charge is 0.320 e. The van der Waals surface area contributed by atoms with Crippen molar-refractivity contribution in [2.75, 3.05) is 25.0 Å². The van der Waals surface area contributed by atoms with Gasteiger partial charge in [-0.25, -0.2) is 0 Å². The summed E-state index contributed by atoms with van der Waals surface area (Å²) in [5, 5.41) is 3.07. The molecule has 1 N–H and O–H groups in total. The molecule has 3 heteroatoms. The van der Waals surface area contributed by atoms with Gasteiger partial charge in [0.1, 0.15) is 0 Å². The average molecular weight is 248 g/mol. The quantitative estimate of drug-likeness (QED) is 0.785. The van der Waals surface area contributed by atoms with Crippen LogP contribution in [0.2, 0.25) is 0 Å². The van der Waals surface area contributed by atoms with E-state index in [1.807, 2.05) is 18.9 Å². The molecule has 0 heterocycles. The minimum Gasteiger partial charge on any atom is -0.320 e. The van der Waals surface area contributed by atoms with Gasteiger partial charge in [0.05, 0.1) is 0 Å². The molecule has 0 atom stereocenters. The lowest BCUT2D eigenvalue weighted by molar-refractivity contribution is -0.118. The SMILES string of the molecule is CCN(C(=O)CCCNC)c1cc(C)cc(C)c1. The van der Waals surface area contributed by atoms with Crippen LogP contribution in [0.3, 0.4) is 0 Å².